The van der Waals surface area contributed by atoms with Crippen LogP contribution in [0.5, 0.6) is 11.5 Å². The number of nitrogens with one attached hydrogen (secondary N) is 1. The van der Waals surface area contributed by atoms with Crippen LogP contribution in [-0.2, 0) is 6.42 Å². The minimum Gasteiger partial charge on any atom is -0.493 e. The van der Waals surface area contributed by atoms with Crippen LogP contribution in [0.4, 0.5) is 5.69 Å². The van der Waals surface area contributed by atoms with Crippen LogP contribution in [0.1, 0.15) is 43.0 Å². The Kier molecular flexibility index (Phi) is 6.56. The summed E-state index contributed by atoms with van der Waals surface area (Å²) < 4.78 is 12.2. The highest BCUT2D eigenvalue weighted by Crippen LogP contribution is 2.38. The smallest absolute Gasteiger partial charge is 0.161 e. The molecule has 0 aromatic heterocycles. The normalized spacial score (nSPS) is 15.3. The first-order chi connectivity index (χ1) is 15.4. The molecule has 4 nitrogen and oxygen atoms in total. The van der Waals surface area contributed by atoms with E-state index >= 15 is 0 Å². The lowest BCUT2D eigenvalue weighted by molar-refractivity contribution is 0.353. The molecule has 1 aliphatic heterocycles. The molecular formula is C27H29BrN2O2. The number of anilines is 1. The van der Waals surface area contributed by atoms with Gasteiger partial charge in [0.05, 0.1) is 25.8 Å². The highest BCUT2D eigenvalue weighted by atomic mass is 79.9. The van der Waals surface area contributed by atoms with E-state index in [2.05, 4.69) is 95.8 Å². The van der Waals surface area contributed by atoms with Gasteiger partial charge in [-0.1, -0.05) is 46.3 Å². The van der Waals surface area contributed by atoms with Crippen LogP contribution < -0.4 is 14.8 Å². The first kappa shape index (κ1) is 22.4. The van der Waals surface area contributed by atoms with Gasteiger partial charge in [-0.05, 0) is 67.8 Å². The van der Waals surface area contributed by atoms with Crippen molar-refractivity contribution in [2.75, 3.05) is 19.5 Å². The van der Waals surface area contributed by atoms with E-state index in [-0.39, 0.29) is 11.6 Å². The predicted octanol–water partition coefficient (Wildman–Crippen LogP) is 6.83. The molecule has 0 saturated heterocycles. The van der Waals surface area contributed by atoms with Gasteiger partial charge in [-0.15, -0.1) is 0 Å². The zero-order chi connectivity index (χ0) is 22.7. The second-order valence-corrected chi connectivity index (χ2v) is 9.65. The quantitative estimate of drug-likeness (QED) is 0.392. The first-order valence-electron chi connectivity index (χ1n) is 10.8. The van der Waals surface area contributed by atoms with E-state index in [9.17, 15) is 0 Å². The molecule has 3 aromatic carbocycles. The van der Waals surface area contributed by atoms with Crippen LogP contribution in [0.15, 0.2) is 76.2 Å². The van der Waals surface area contributed by atoms with Crippen molar-refractivity contribution in [3.8, 4) is 11.5 Å². The molecule has 3 aromatic rings. The summed E-state index contributed by atoms with van der Waals surface area (Å²) >= 11 is 3.56. The van der Waals surface area contributed by atoms with Gasteiger partial charge >= 0.3 is 0 Å². The zero-order valence-corrected chi connectivity index (χ0v) is 20.6. The number of nitrogens with zero attached hydrogens (tertiary/aromatic N) is 1. The third-order valence-corrected chi connectivity index (χ3v) is 6.29. The molecule has 5 heteroatoms. The van der Waals surface area contributed by atoms with Crippen LogP contribution in [0.25, 0.3) is 0 Å². The maximum absolute atomic E-state index is 5.60. The van der Waals surface area contributed by atoms with Crippen molar-refractivity contribution in [2.24, 2.45) is 4.99 Å². The molecule has 1 aliphatic rings. The first-order valence-corrected chi connectivity index (χ1v) is 11.6. The number of ether oxygens (including phenoxy) is 2. The van der Waals surface area contributed by atoms with Crippen molar-refractivity contribution >= 4 is 27.3 Å². The minimum absolute atomic E-state index is 0.0686. The maximum Gasteiger partial charge on any atom is 0.161 e. The van der Waals surface area contributed by atoms with E-state index in [0.29, 0.717) is 0 Å². The minimum atomic E-state index is -0.182. The maximum atomic E-state index is 5.60. The fourth-order valence-electron chi connectivity index (χ4n) is 4.30. The van der Waals surface area contributed by atoms with Gasteiger partial charge in [0.2, 0.25) is 0 Å². The lowest BCUT2D eigenvalue weighted by Gasteiger charge is -2.32. The summed E-state index contributed by atoms with van der Waals surface area (Å²) in [6.07, 6.45) is 1.61. The van der Waals surface area contributed by atoms with Gasteiger partial charge < -0.3 is 14.8 Å². The largest absolute Gasteiger partial charge is 0.493 e. The van der Waals surface area contributed by atoms with Gasteiger partial charge in [-0.25, -0.2) is 0 Å². The van der Waals surface area contributed by atoms with Gasteiger partial charge in [0.25, 0.3) is 0 Å². The van der Waals surface area contributed by atoms with E-state index in [4.69, 9.17) is 14.5 Å². The Hall–Kier alpha value is -2.79. The molecule has 32 heavy (non-hydrogen) atoms. The Morgan fingerprint density at radius 1 is 0.969 bits per heavy atom. The fraction of sp³-hybridized carbons (Fsp3) is 0.296. The standard InChI is InChI=1S/C27H29BrN2O2/c1-27(2)17-19-14-25(31-3)26(32-4)15-22(19)24(30-27)16-23(18-10-12-20(28)13-11-18)29-21-8-6-5-7-9-21/h5-15,23,29H,16-17H2,1-4H3. The Morgan fingerprint density at radius 2 is 1.62 bits per heavy atom. The monoisotopic (exact) mass is 492 g/mol. The summed E-state index contributed by atoms with van der Waals surface area (Å²) in [5.41, 5.74) is 5.58. The van der Waals surface area contributed by atoms with Gasteiger partial charge in [-0.3, -0.25) is 4.99 Å². The Morgan fingerprint density at radius 3 is 2.28 bits per heavy atom. The summed E-state index contributed by atoms with van der Waals surface area (Å²) in [7, 11) is 3.36. The topological polar surface area (TPSA) is 42.9 Å². The lowest BCUT2D eigenvalue weighted by atomic mass is 9.84. The molecule has 0 amide bonds. The number of para-hydroxylation sites is 1. The molecule has 1 atom stereocenters. The summed E-state index contributed by atoms with van der Waals surface area (Å²) in [5, 5.41) is 3.72. The van der Waals surface area contributed by atoms with E-state index in [1.54, 1.807) is 14.2 Å². The number of fused-ring (bicyclic) bond motifs is 1. The van der Waals surface area contributed by atoms with E-state index in [1.807, 2.05) is 6.07 Å². The average molecular weight is 493 g/mol. The fourth-order valence-corrected chi connectivity index (χ4v) is 4.56. The van der Waals surface area contributed by atoms with Crippen molar-refractivity contribution < 1.29 is 9.47 Å². The summed E-state index contributed by atoms with van der Waals surface area (Å²) in [4.78, 5) is 5.18. The number of rotatable bonds is 7. The number of benzene rings is 3. The van der Waals surface area contributed by atoms with Crippen LogP contribution in [0.3, 0.4) is 0 Å². The zero-order valence-electron chi connectivity index (χ0n) is 19.0. The molecule has 1 heterocycles. The third kappa shape index (κ3) is 4.99. The number of aliphatic imine (C=N–C) groups is 1. The van der Waals surface area contributed by atoms with Crippen LogP contribution in [-0.4, -0.2) is 25.5 Å². The molecule has 166 valence electrons. The van der Waals surface area contributed by atoms with Gasteiger partial charge in [0.1, 0.15) is 0 Å². The van der Waals surface area contributed by atoms with Gasteiger partial charge in [0.15, 0.2) is 11.5 Å². The molecule has 1 unspecified atom stereocenters. The Bertz CT molecular complexity index is 1110. The van der Waals surface area contributed by atoms with Crippen molar-refractivity contribution in [3.63, 3.8) is 0 Å². The van der Waals surface area contributed by atoms with Crippen LogP contribution in [0, 0.1) is 0 Å². The third-order valence-electron chi connectivity index (χ3n) is 5.77. The van der Waals surface area contributed by atoms with Crippen LogP contribution in [0.2, 0.25) is 0 Å². The summed E-state index contributed by atoms with van der Waals surface area (Å²) in [6, 6.07) is 23.1. The second-order valence-electron chi connectivity index (χ2n) is 8.73. The van der Waals surface area contributed by atoms with E-state index in [1.165, 1.54) is 11.1 Å². The molecule has 0 saturated carbocycles. The molecule has 0 fully saturated rings. The molecule has 0 spiro atoms. The Labute approximate surface area is 198 Å². The molecule has 4 rings (SSSR count). The molecule has 0 bridgehead atoms. The Balaban J connectivity index is 1.75. The molecule has 0 radical (unpaired) electrons. The van der Waals surface area contributed by atoms with E-state index < -0.39 is 0 Å². The van der Waals surface area contributed by atoms with Crippen molar-refractivity contribution in [2.45, 2.75) is 38.3 Å². The highest BCUT2D eigenvalue weighted by Gasteiger charge is 2.30. The summed E-state index contributed by atoms with van der Waals surface area (Å²) in [5.74, 6) is 1.49. The highest BCUT2D eigenvalue weighted by molar-refractivity contribution is 9.10. The van der Waals surface area contributed by atoms with Crippen molar-refractivity contribution in [3.05, 3.63) is 87.9 Å². The molecule has 1 N–H and O–H groups in total. The van der Waals surface area contributed by atoms with Crippen molar-refractivity contribution in [1.29, 1.82) is 0 Å². The van der Waals surface area contributed by atoms with Gasteiger partial charge in [-0.2, -0.15) is 0 Å². The lowest BCUT2D eigenvalue weighted by Crippen LogP contribution is -2.30. The molecular weight excluding hydrogens is 464 g/mol. The molecule has 0 aliphatic carbocycles. The second kappa shape index (κ2) is 9.37. The average Bonchev–Trinajstić information content (AvgIpc) is 2.78. The summed E-state index contributed by atoms with van der Waals surface area (Å²) in [6.45, 7) is 4.37. The van der Waals surface area contributed by atoms with Gasteiger partial charge in [0, 0.05) is 27.9 Å². The SMILES string of the molecule is COc1cc2c(cc1OC)C(CC(Nc1ccccc1)c1ccc(Br)cc1)=NC(C)(C)C2. The number of methoxy groups -OCH3 is 2. The predicted molar refractivity (Wildman–Crippen MR) is 135 cm³/mol. The number of halogens is 1. The van der Waals surface area contributed by atoms with Crippen LogP contribution >= 0.6 is 15.9 Å². The number of hydrogen-bond donors (Lipinski definition) is 1. The number of hydrogen-bond acceptors (Lipinski definition) is 4. The van der Waals surface area contributed by atoms with E-state index in [0.717, 1.165) is 45.8 Å². The van der Waals surface area contributed by atoms with Crippen molar-refractivity contribution in [1.82, 2.24) is 0 Å².